The molecule has 25 heavy (non-hydrogen) atoms. The summed E-state index contributed by atoms with van der Waals surface area (Å²) in [5.41, 5.74) is 2.31. The van der Waals surface area contributed by atoms with Crippen molar-refractivity contribution in [2.24, 2.45) is 0 Å². The monoisotopic (exact) mass is 326 g/mol. The molecule has 0 unspecified atom stereocenters. The van der Waals surface area contributed by atoms with Gasteiger partial charge < -0.3 is 9.72 Å². The van der Waals surface area contributed by atoms with Gasteiger partial charge in [-0.05, 0) is 16.8 Å². The molecule has 1 aromatic heterocycles. The van der Waals surface area contributed by atoms with E-state index in [-0.39, 0.29) is 5.56 Å². The molecule has 0 saturated heterocycles. The fourth-order valence-electron chi connectivity index (χ4n) is 3.32. The van der Waals surface area contributed by atoms with Crippen LogP contribution in [-0.4, -0.2) is 9.97 Å². The van der Waals surface area contributed by atoms with E-state index in [9.17, 15) is 4.79 Å². The lowest BCUT2D eigenvalue weighted by molar-refractivity contribution is 0.439. The van der Waals surface area contributed by atoms with Gasteiger partial charge in [0.05, 0.1) is 5.56 Å². The minimum atomic E-state index is -0.151. The number of benzene rings is 3. The van der Waals surface area contributed by atoms with E-state index in [4.69, 9.17) is 4.74 Å². The number of aromatic amines is 1. The number of hydrogen-bond donors (Lipinski definition) is 1. The molecule has 0 spiro atoms. The quantitative estimate of drug-likeness (QED) is 0.500. The van der Waals surface area contributed by atoms with E-state index in [1.807, 2.05) is 54.6 Å². The molecule has 1 aliphatic heterocycles. The second kappa shape index (κ2) is 5.31. The zero-order valence-electron chi connectivity index (χ0n) is 13.3. The van der Waals surface area contributed by atoms with Crippen molar-refractivity contribution < 1.29 is 4.74 Å². The van der Waals surface area contributed by atoms with E-state index in [0.29, 0.717) is 23.7 Å². The minimum absolute atomic E-state index is 0.151. The van der Waals surface area contributed by atoms with Crippen LogP contribution in [-0.2, 0) is 6.42 Å². The normalized spacial score (nSPS) is 12.3. The van der Waals surface area contributed by atoms with Crippen molar-refractivity contribution in [3.8, 4) is 23.0 Å². The maximum Gasteiger partial charge on any atom is 0.258 e. The number of hydrogen-bond acceptors (Lipinski definition) is 3. The van der Waals surface area contributed by atoms with Gasteiger partial charge in [0.1, 0.15) is 11.6 Å². The highest BCUT2D eigenvalue weighted by atomic mass is 16.5. The molecule has 5 rings (SSSR count). The third-order valence-corrected chi connectivity index (χ3v) is 4.58. The van der Waals surface area contributed by atoms with Gasteiger partial charge in [-0.3, -0.25) is 4.79 Å². The van der Waals surface area contributed by atoms with Gasteiger partial charge in [-0.1, -0.05) is 60.7 Å². The molecule has 1 N–H and O–H groups in total. The number of H-pyrrole nitrogens is 1. The Morgan fingerprint density at radius 2 is 1.68 bits per heavy atom. The number of rotatable bonds is 1. The van der Waals surface area contributed by atoms with Gasteiger partial charge in [0.15, 0.2) is 0 Å². The van der Waals surface area contributed by atoms with Gasteiger partial charge in [-0.15, -0.1) is 0 Å². The summed E-state index contributed by atoms with van der Waals surface area (Å²) >= 11 is 0. The van der Waals surface area contributed by atoms with Crippen LogP contribution in [0.4, 0.5) is 0 Å². The largest absolute Gasteiger partial charge is 0.438 e. The van der Waals surface area contributed by atoms with Crippen molar-refractivity contribution in [3.05, 3.63) is 88.2 Å². The first-order valence-electron chi connectivity index (χ1n) is 8.17. The summed E-state index contributed by atoms with van der Waals surface area (Å²) in [6, 6.07) is 21.7. The Labute approximate surface area is 143 Å². The fourth-order valence-corrected chi connectivity index (χ4v) is 3.32. The van der Waals surface area contributed by atoms with Crippen molar-refractivity contribution in [1.82, 2.24) is 9.97 Å². The van der Waals surface area contributed by atoms with Gasteiger partial charge in [0, 0.05) is 17.5 Å². The molecule has 0 bridgehead atoms. The van der Waals surface area contributed by atoms with Crippen LogP contribution < -0.4 is 10.3 Å². The van der Waals surface area contributed by atoms with Gasteiger partial charge in [0.25, 0.3) is 5.56 Å². The van der Waals surface area contributed by atoms with E-state index >= 15 is 0 Å². The van der Waals surface area contributed by atoms with Crippen molar-refractivity contribution in [2.45, 2.75) is 6.42 Å². The Bertz CT molecular complexity index is 1160. The van der Waals surface area contributed by atoms with Crippen LogP contribution in [0.2, 0.25) is 0 Å². The minimum Gasteiger partial charge on any atom is -0.438 e. The summed E-state index contributed by atoms with van der Waals surface area (Å²) in [6.45, 7) is 0. The standard InChI is InChI=1S/C21H14N2O2/c24-20-17-12-16-15-9-5-4-6-13(15)10-11-18(16)25-21(17)23-19(22-20)14-7-2-1-3-8-14/h1-11H,12H2,(H,22,23,24). The Hall–Kier alpha value is -3.40. The Morgan fingerprint density at radius 1 is 0.880 bits per heavy atom. The van der Waals surface area contributed by atoms with Crippen LogP contribution in [0.25, 0.3) is 22.2 Å². The first-order valence-corrected chi connectivity index (χ1v) is 8.17. The lowest BCUT2D eigenvalue weighted by atomic mass is 9.96. The maximum absolute atomic E-state index is 12.6. The van der Waals surface area contributed by atoms with Crippen molar-refractivity contribution >= 4 is 10.8 Å². The molecule has 0 radical (unpaired) electrons. The number of fused-ring (bicyclic) bond motifs is 4. The highest BCUT2D eigenvalue weighted by Crippen LogP contribution is 2.38. The van der Waals surface area contributed by atoms with Gasteiger partial charge >= 0.3 is 0 Å². The summed E-state index contributed by atoms with van der Waals surface area (Å²) in [5.74, 6) is 1.68. The predicted octanol–water partition coefficient (Wildman–Crippen LogP) is 4.29. The van der Waals surface area contributed by atoms with E-state index in [1.54, 1.807) is 0 Å². The molecule has 0 atom stereocenters. The van der Waals surface area contributed by atoms with Crippen LogP contribution in [0.1, 0.15) is 11.1 Å². The van der Waals surface area contributed by atoms with Crippen LogP contribution in [0.3, 0.4) is 0 Å². The summed E-state index contributed by atoms with van der Waals surface area (Å²) in [6.07, 6.45) is 0.517. The Balaban J connectivity index is 1.67. The van der Waals surface area contributed by atoms with E-state index in [1.165, 1.54) is 0 Å². The highest BCUT2D eigenvalue weighted by Gasteiger charge is 2.23. The lowest BCUT2D eigenvalue weighted by Crippen LogP contribution is -2.20. The first kappa shape index (κ1) is 14.0. The summed E-state index contributed by atoms with van der Waals surface area (Å²) < 4.78 is 6.00. The smallest absolute Gasteiger partial charge is 0.258 e. The lowest BCUT2D eigenvalue weighted by Gasteiger charge is -2.20. The highest BCUT2D eigenvalue weighted by molar-refractivity contribution is 5.88. The molecule has 4 aromatic rings. The zero-order chi connectivity index (χ0) is 16.8. The molecule has 0 saturated carbocycles. The average Bonchev–Trinajstić information content (AvgIpc) is 2.67. The molecule has 120 valence electrons. The van der Waals surface area contributed by atoms with Crippen molar-refractivity contribution in [2.75, 3.05) is 0 Å². The first-order chi connectivity index (χ1) is 12.3. The molecule has 3 aromatic carbocycles. The molecule has 4 heteroatoms. The predicted molar refractivity (Wildman–Crippen MR) is 97.1 cm³/mol. The third-order valence-electron chi connectivity index (χ3n) is 4.58. The molecule has 0 amide bonds. The molecular formula is C21H14N2O2. The van der Waals surface area contributed by atoms with Crippen molar-refractivity contribution in [1.29, 1.82) is 0 Å². The van der Waals surface area contributed by atoms with Crippen molar-refractivity contribution in [3.63, 3.8) is 0 Å². The van der Waals surface area contributed by atoms with E-state index in [2.05, 4.69) is 22.1 Å². The SMILES string of the molecule is O=c1[nH]c(-c2ccccc2)nc2c1Cc1c(ccc3ccccc13)O2. The maximum atomic E-state index is 12.6. The topological polar surface area (TPSA) is 55.0 Å². The number of ether oxygens (including phenoxy) is 1. The van der Waals surface area contributed by atoms with E-state index < -0.39 is 0 Å². The van der Waals surface area contributed by atoms with Crippen LogP contribution >= 0.6 is 0 Å². The summed E-state index contributed by atoms with van der Waals surface area (Å²) in [4.78, 5) is 20.1. The molecule has 0 aliphatic carbocycles. The molecule has 2 heterocycles. The Kier molecular flexibility index (Phi) is 2.97. The van der Waals surface area contributed by atoms with Crippen LogP contribution in [0, 0.1) is 0 Å². The Morgan fingerprint density at radius 3 is 2.56 bits per heavy atom. The van der Waals surface area contributed by atoms with Crippen LogP contribution in [0.15, 0.2) is 71.5 Å². The number of aromatic nitrogens is 2. The molecule has 1 aliphatic rings. The van der Waals surface area contributed by atoms with Gasteiger partial charge in [-0.2, -0.15) is 4.98 Å². The molecule has 4 nitrogen and oxygen atoms in total. The average molecular weight is 326 g/mol. The molecule has 0 fully saturated rings. The van der Waals surface area contributed by atoms with E-state index in [0.717, 1.165) is 27.6 Å². The van der Waals surface area contributed by atoms with Gasteiger partial charge in [0.2, 0.25) is 5.88 Å². The zero-order valence-corrected chi connectivity index (χ0v) is 13.3. The van der Waals surface area contributed by atoms with Gasteiger partial charge in [-0.25, -0.2) is 0 Å². The third kappa shape index (κ3) is 2.22. The fraction of sp³-hybridized carbons (Fsp3) is 0.0476. The summed E-state index contributed by atoms with van der Waals surface area (Å²) in [5, 5.41) is 2.25. The summed E-state index contributed by atoms with van der Waals surface area (Å²) in [7, 11) is 0. The number of nitrogens with zero attached hydrogens (tertiary/aromatic N) is 1. The number of nitrogens with one attached hydrogen (secondary N) is 1. The molecular weight excluding hydrogens is 312 g/mol. The second-order valence-electron chi connectivity index (χ2n) is 6.11. The second-order valence-corrected chi connectivity index (χ2v) is 6.11. The van der Waals surface area contributed by atoms with Crippen LogP contribution in [0.5, 0.6) is 11.6 Å².